The van der Waals surface area contributed by atoms with Crippen molar-refractivity contribution in [2.24, 2.45) is 0 Å². The van der Waals surface area contributed by atoms with Gasteiger partial charge in [0.1, 0.15) is 12.4 Å². The van der Waals surface area contributed by atoms with Crippen LogP contribution in [-0.4, -0.2) is 30.1 Å². The number of hydrogen-bond donors (Lipinski definition) is 0. The van der Waals surface area contributed by atoms with Crippen molar-refractivity contribution in [1.29, 1.82) is 5.26 Å². The second-order valence-electron chi connectivity index (χ2n) is 5.21. The van der Waals surface area contributed by atoms with Crippen LogP contribution in [0.2, 0.25) is 0 Å². The minimum atomic E-state index is 0.673. The lowest BCUT2D eigenvalue weighted by Gasteiger charge is -2.27. The summed E-state index contributed by atoms with van der Waals surface area (Å²) in [6, 6.07) is 10.8. The van der Waals surface area contributed by atoms with Gasteiger partial charge in [-0.2, -0.15) is 5.26 Å². The van der Waals surface area contributed by atoms with Gasteiger partial charge < -0.3 is 4.74 Å². The lowest BCUT2D eigenvalue weighted by Crippen LogP contribution is -2.37. The SMILES string of the molecule is CCC1CCC(C)N1CCOc1ccc(C#N)cc1. The minimum absolute atomic E-state index is 0.673. The van der Waals surface area contributed by atoms with E-state index < -0.39 is 0 Å². The third kappa shape index (κ3) is 3.48. The Labute approximate surface area is 115 Å². The van der Waals surface area contributed by atoms with E-state index >= 15 is 0 Å². The normalized spacial score (nSPS) is 23.2. The van der Waals surface area contributed by atoms with Crippen LogP contribution >= 0.6 is 0 Å². The first-order valence-electron chi connectivity index (χ1n) is 7.13. The van der Waals surface area contributed by atoms with E-state index in [0.29, 0.717) is 18.2 Å². The van der Waals surface area contributed by atoms with Crippen molar-refractivity contribution in [3.05, 3.63) is 29.8 Å². The molecule has 1 fully saturated rings. The predicted octanol–water partition coefficient (Wildman–Crippen LogP) is 3.20. The molecule has 19 heavy (non-hydrogen) atoms. The monoisotopic (exact) mass is 258 g/mol. The zero-order chi connectivity index (χ0) is 13.7. The average molecular weight is 258 g/mol. The van der Waals surface area contributed by atoms with Crippen LogP contribution in [0.3, 0.4) is 0 Å². The Balaban J connectivity index is 1.81. The van der Waals surface area contributed by atoms with Gasteiger partial charge in [0.25, 0.3) is 0 Å². The number of rotatable bonds is 5. The number of benzene rings is 1. The van der Waals surface area contributed by atoms with Crippen LogP contribution in [0.4, 0.5) is 0 Å². The predicted molar refractivity (Wildman–Crippen MR) is 76.1 cm³/mol. The summed E-state index contributed by atoms with van der Waals surface area (Å²) in [5.74, 6) is 0.846. The molecule has 2 atom stereocenters. The molecule has 0 amide bonds. The summed E-state index contributed by atoms with van der Waals surface area (Å²) in [5, 5.41) is 8.74. The van der Waals surface area contributed by atoms with Crippen molar-refractivity contribution in [1.82, 2.24) is 4.90 Å². The van der Waals surface area contributed by atoms with Crippen molar-refractivity contribution in [3.63, 3.8) is 0 Å². The fraction of sp³-hybridized carbons (Fsp3) is 0.562. The molecule has 102 valence electrons. The van der Waals surface area contributed by atoms with Crippen LogP contribution in [0.5, 0.6) is 5.75 Å². The highest BCUT2D eigenvalue weighted by Crippen LogP contribution is 2.25. The van der Waals surface area contributed by atoms with Crippen LogP contribution < -0.4 is 4.74 Å². The lowest BCUT2D eigenvalue weighted by molar-refractivity contribution is 0.159. The molecular weight excluding hydrogens is 236 g/mol. The van der Waals surface area contributed by atoms with Gasteiger partial charge in [-0.05, 0) is 50.5 Å². The van der Waals surface area contributed by atoms with Crippen molar-refractivity contribution in [2.75, 3.05) is 13.2 Å². The summed E-state index contributed by atoms with van der Waals surface area (Å²) < 4.78 is 5.76. The largest absolute Gasteiger partial charge is 0.492 e. The Morgan fingerprint density at radius 2 is 2.05 bits per heavy atom. The molecule has 0 radical (unpaired) electrons. The molecule has 0 saturated carbocycles. The Bertz CT molecular complexity index is 435. The lowest BCUT2D eigenvalue weighted by atomic mass is 10.1. The molecule has 1 aliphatic heterocycles. The summed E-state index contributed by atoms with van der Waals surface area (Å²) in [5.41, 5.74) is 0.673. The van der Waals surface area contributed by atoms with Crippen molar-refractivity contribution in [3.8, 4) is 11.8 Å². The van der Waals surface area contributed by atoms with Gasteiger partial charge in [-0.1, -0.05) is 6.92 Å². The zero-order valence-corrected chi connectivity index (χ0v) is 11.8. The van der Waals surface area contributed by atoms with Gasteiger partial charge in [0.2, 0.25) is 0 Å². The molecule has 1 aromatic rings. The summed E-state index contributed by atoms with van der Waals surface area (Å²) in [6.07, 6.45) is 3.84. The van der Waals surface area contributed by atoms with Crippen LogP contribution in [0, 0.1) is 11.3 Å². The molecule has 2 unspecified atom stereocenters. The number of nitriles is 1. The first kappa shape index (κ1) is 13.9. The molecule has 0 N–H and O–H groups in total. The summed E-state index contributed by atoms with van der Waals surface area (Å²) in [4.78, 5) is 2.56. The second-order valence-corrected chi connectivity index (χ2v) is 5.21. The van der Waals surface area contributed by atoms with Gasteiger partial charge in [-0.25, -0.2) is 0 Å². The van der Waals surface area contributed by atoms with Crippen LogP contribution in [0.25, 0.3) is 0 Å². The molecule has 0 aliphatic carbocycles. The molecule has 0 bridgehead atoms. The molecule has 1 aliphatic rings. The maximum absolute atomic E-state index is 8.74. The van der Waals surface area contributed by atoms with E-state index in [1.807, 2.05) is 12.1 Å². The van der Waals surface area contributed by atoms with Crippen LogP contribution in [0.15, 0.2) is 24.3 Å². The van der Waals surface area contributed by atoms with Crippen molar-refractivity contribution >= 4 is 0 Å². The number of likely N-dealkylation sites (tertiary alicyclic amines) is 1. The molecular formula is C16H22N2O. The van der Waals surface area contributed by atoms with Gasteiger partial charge in [-0.15, -0.1) is 0 Å². The maximum atomic E-state index is 8.74. The van der Waals surface area contributed by atoms with E-state index in [0.717, 1.165) is 18.3 Å². The first-order valence-corrected chi connectivity index (χ1v) is 7.13. The zero-order valence-electron chi connectivity index (χ0n) is 11.8. The van der Waals surface area contributed by atoms with Gasteiger partial charge in [0.15, 0.2) is 0 Å². The van der Waals surface area contributed by atoms with Gasteiger partial charge in [0, 0.05) is 18.6 Å². The minimum Gasteiger partial charge on any atom is -0.492 e. The summed E-state index contributed by atoms with van der Waals surface area (Å²) in [7, 11) is 0. The highest BCUT2D eigenvalue weighted by Gasteiger charge is 2.28. The third-order valence-electron chi connectivity index (χ3n) is 4.03. The second kappa shape index (κ2) is 6.58. The quantitative estimate of drug-likeness (QED) is 0.813. The van der Waals surface area contributed by atoms with Crippen molar-refractivity contribution < 1.29 is 4.74 Å². The Morgan fingerprint density at radius 3 is 2.68 bits per heavy atom. The fourth-order valence-corrected chi connectivity index (χ4v) is 2.86. The van der Waals surface area contributed by atoms with Gasteiger partial charge in [-0.3, -0.25) is 4.90 Å². The standard InChI is InChI=1S/C16H22N2O/c1-3-15-7-4-13(2)18(15)10-11-19-16-8-5-14(12-17)6-9-16/h5-6,8-9,13,15H,3-4,7,10-11H2,1-2H3. The van der Waals surface area contributed by atoms with Gasteiger partial charge in [0.05, 0.1) is 11.6 Å². The number of ether oxygens (including phenoxy) is 1. The highest BCUT2D eigenvalue weighted by atomic mass is 16.5. The van der Waals surface area contributed by atoms with Gasteiger partial charge >= 0.3 is 0 Å². The molecule has 1 heterocycles. The Morgan fingerprint density at radius 1 is 1.32 bits per heavy atom. The fourth-order valence-electron chi connectivity index (χ4n) is 2.86. The maximum Gasteiger partial charge on any atom is 0.119 e. The molecule has 1 saturated heterocycles. The molecule has 3 heteroatoms. The van der Waals surface area contributed by atoms with Crippen LogP contribution in [-0.2, 0) is 0 Å². The average Bonchev–Trinajstić information content (AvgIpc) is 2.80. The van der Waals surface area contributed by atoms with E-state index in [1.165, 1.54) is 19.3 Å². The third-order valence-corrected chi connectivity index (χ3v) is 4.03. The number of nitrogens with zero attached hydrogens (tertiary/aromatic N) is 2. The van der Waals surface area contributed by atoms with E-state index in [1.54, 1.807) is 12.1 Å². The van der Waals surface area contributed by atoms with Crippen LogP contribution in [0.1, 0.15) is 38.7 Å². The topological polar surface area (TPSA) is 36.3 Å². The molecule has 1 aromatic carbocycles. The van der Waals surface area contributed by atoms with E-state index in [4.69, 9.17) is 10.00 Å². The first-order chi connectivity index (χ1) is 9.24. The molecule has 0 aromatic heterocycles. The molecule has 3 nitrogen and oxygen atoms in total. The summed E-state index contributed by atoms with van der Waals surface area (Å²) in [6.45, 7) is 6.26. The number of hydrogen-bond acceptors (Lipinski definition) is 3. The van der Waals surface area contributed by atoms with E-state index in [2.05, 4.69) is 24.8 Å². The molecule has 2 rings (SSSR count). The van der Waals surface area contributed by atoms with E-state index in [-0.39, 0.29) is 0 Å². The molecule has 0 spiro atoms. The summed E-state index contributed by atoms with van der Waals surface area (Å²) >= 11 is 0. The smallest absolute Gasteiger partial charge is 0.119 e. The Hall–Kier alpha value is -1.53. The Kier molecular flexibility index (Phi) is 4.81. The van der Waals surface area contributed by atoms with E-state index in [9.17, 15) is 0 Å². The van der Waals surface area contributed by atoms with Crippen molar-refractivity contribution in [2.45, 2.75) is 45.2 Å². The highest BCUT2D eigenvalue weighted by molar-refractivity contribution is 5.34.